The number of halogens is 3. The maximum absolute atomic E-state index is 10.7. The molecule has 1 N–H and O–H groups in total. The average Bonchev–Trinajstić information content (AvgIpc) is 2.74. The predicted octanol–water partition coefficient (Wildman–Crippen LogP) is 5.45. The van der Waals surface area contributed by atoms with Gasteiger partial charge in [0.05, 0.1) is 7.11 Å². The third-order valence-electron chi connectivity index (χ3n) is 3.48. The highest BCUT2D eigenvalue weighted by Crippen LogP contribution is 2.20. The van der Waals surface area contributed by atoms with Crippen molar-refractivity contribution in [2.45, 2.75) is 5.51 Å². The van der Waals surface area contributed by atoms with Crippen molar-refractivity contribution in [1.82, 2.24) is 0 Å². The summed E-state index contributed by atoms with van der Waals surface area (Å²) in [6.07, 6.45) is 4.24. The second-order valence-corrected chi connectivity index (χ2v) is 7.93. The van der Waals surface area contributed by atoms with Crippen LogP contribution >= 0.6 is 9.24 Å². The van der Waals surface area contributed by atoms with Crippen LogP contribution in [0.2, 0.25) is 0 Å². The number of hydrogen-bond donors (Lipinski definition) is 1. The highest BCUT2D eigenvalue weighted by atomic mass is 32.2. The van der Waals surface area contributed by atoms with Gasteiger partial charge < -0.3 is 4.74 Å². The molecule has 0 heterocycles. The Labute approximate surface area is 182 Å². The zero-order chi connectivity index (χ0) is 23.3. The van der Waals surface area contributed by atoms with Crippen molar-refractivity contribution in [3.63, 3.8) is 0 Å². The van der Waals surface area contributed by atoms with Gasteiger partial charge in [-0.3, -0.25) is 4.55 Å². The molecule has 0 aliphatic rings. The summed E-state index contributed by atoms with van der Waals surface area (Å²) in [7, 11) is -1.56. The van der Waals surface area contributed by atoms with Crippen molar-refractivity contribution in [2.24, 2.45) is 0 Å². The molecule has 0 aliphatic heterocycles. The summed E-state index contributed by atoms with van der Waals surface area (Å²) in [5, 5.41) is 1.18. The summed E-state index contributed by atoms with van der Waals surface area (Å²) in [6.45, 7) is 0. The van der Waals surface area contributed by atoms with Crippen LogP contribution in [0.3, 0.4) is 0 Å². The van der Waals surface area contributed by atoms with E-state index in [0.717, 1.165) is 5.75 Å². The van der Waals surface area contributed by atoms with Gasteiger partial charge >= 0.3 is 15.6 Å². The minimum Gasteiger partial charge on any atom is -0.497 e. The quantitative estimate of drug-likeness (QED) is 0.239. The maximum Gasteiger partial charge on any atom is 0.522 e. The first kappa shape index (κ1) is 26.4. The van der Waals surface area contributed by atoms with Crippen LogP contribution in [0.4, 0.5) is 13.2 Å². The molecule has 0 fully saturated rings. The van der Waals surface area contributed by atoms with Gasteiger partial charge in [0.2, 0.25) is 0 Å². The zero-order valence-electron chi connectivity index (χ0n) is 16.5. The van der Waals surface area contributed by atoms with Gasteiger partial charge in [-0.05, 0) is 28.6 Å². The molecule has 9 heteroatoms. The Bertz CT molecular complexity index is 980. The predicted molar refractivity (Wildman–Crippen MR) is 122 cm³/mol. The first-order valence-electron chi connectivity index (χ1n) is 8.74. The maximum atomic E-state index is 10.7. The van der Waals surface area contributed by atoms with Crippen molar-refractivity contribution in [2.75, 3.05) is 7.11 Å². The highest BCUT2D eigenvalue weighted by Gasteiger charge is 2.44. The molecule has 1 unspecified atom stereocenters. The van der Waals surface area contributed by atoms with Crippen molar-refractivity contribution in [3.8, 4) is 5.75 Å². The van der Waals surface area contributed by atoms with E-state index in [1.165, 1.54) is 16.4 Å². The molecule has 1 atom stereocenters. The van der Waals surface area contributed by atoms with E-state index in [2.05, 4.69) is 45.7 Å². The fourth-order valence-corrected chi connectivity index (χ4v) is 2.12. The smallest absolute Gasteiger partial charge is 0.497 e. The van der Waals surface area contributed by atoms with Gasteiger partial charge in [-0.1, -0.05) is 84.9 Å². The van der Waals surface area contributed by atoms with Gasteiger partial charge in [0.1, 0.15) is 5.75 Å². The molecule has 0 radical (unpaired) electrons. The Morgan fingerprint density at radius 3 is 1.45 bits per heavy atom. The zero-order valence-corrected chi connectivity index (χ0v) is 18.5. The SMILES string of the molecule is C(=Cc1ccccc1)c1ccccc1.COc1ccc(P)cc1.O=S(=O)(O)C(F)(F)F. The molecule has 3 aromatic rings. The topological polar surface area (TPSA) is 63.6 Å². The fourth-order valence-electron chi connectivity index (χ4n) is 1.92. The number of hydrogen-bond acceptors (Lipinski definition) is 3. The molecule has 0 amide bonds. The Morgan fingerprint density at radius 2 is 1.16 bits per heavy atom. The van der Waals surface area contributed by atoms with Crippen molar-refractivity contribution in [3.05, 3.63) is 96.1 Å². The fraction of sp³-hybridized carbons (Fsp3) is 0.0909. The molecular weight excluding hydrogens is 448 g/mol. The molecule has 0 aromatic heterocycles. The standard InChI is InChI=1S/C14H12.C7H9OP.CHF3O3S/c1-3-7-13(8-4-1)11-12-14-9-5-2-6-10-14;1-8-6-2-4-7(9)5-3-6;2-1(3,4)8(5,6)7/h1-12H;2-5H,9H2,1H3;(H,5,6,7). The number of alkyl halides is 3. The van der Waals surface area contributed by atoms with Gasteiger partial charge in [0.25, 0.3) is 0 Å². The molecular formula is C22H22F3O4PS. The van der Waals surface area contributed by atoms with Crippen LogP contribution in [0.1, 0.15) is 11.1 Å². The molecule has 3 aromatic carbocycles. The van der Waals surface area contributed by atoms with Crippen LogP contribution < -0.4 is 10.0 Å². The number of rotatable bonds is 3. The second-order valence-electron chi connectivity index (χ2n) is 5.85. The van der Waals surface area contributed by atoms with E-state index in [9.17, 15) is 13.2 Å². The summed E-state index contributed by atoms with van der Waals surface area (Å²) >= 11 is 0. The Hall–Kier alpha value is -2.67. The van der Waals surface area contributed by atoms with Crippen LogP contribution in [0, 0.1) is 0 Å². The molecule has 0 bridgehead atoms. The lowest BCUT2D eigenvalue weighted by Gasteiger charge is -1.97. The monoisotopic (exact) mass is 470 g/mol. The second kappa shape index (κ2) is 12.9. The normalized spacial score (nSPS) is 11.0. The number of benzene rings is 3. The molecule has 166 valence electrons. The van der Waals surface area contributed by atoms with Gasteiger partial charge in [-0.15, -0.1) is 9.24 Å². The lowest BCUT2D eigenvalue weighted by molar-refractivity contribution is -0.0510. The minimum atomic E-state index is -5.84. The summed E-state index contributed by atoms with van der Waals surface area (Å²) in [4.78, 5) is 0. The van der Waals surface area contributed by atoms with E-state index in [1.54, 1.807) is 7.11 Å². The van der Waals surface area contributed by atoms with Crippen LogP contribution in [0.5, 0.6) is 5.75 Å². The van der Waals surface area contributed by atoms with Crippen LogP contribution in [0.25, 0.3) is 12.2 Å². The van der Waals surface area contributed by atoms with Crippen LogP contribution in [0.15, 0.2) is 84.9 Å². The van der Waals surface area contributed by atoms with E-state index in [4.69, 9.17) is 17.7 Å². The molecule has 4 nitrogen and oxygen atoms in total. The van der Waals surface area contributed by atoms with E-state index in [0.29, 0.717) is 0 Å². The molecule has 31 heavy (non-hydrogen) atoms. The molecule has 0 saturated carbocycles. The lowest BCUT2D eigenvalue weighted by Crippen LogP contribution is -2.21. The summed E-state index contributed by atoms with van der Waals surface area (Å²) < 4.78 is 62.5. The summed E-state index contributed by atoms with van der Waals surface area (Å²) in [6, 6.07) is 28.5. The number of methoxy groups -OCH3 is 1. The highest BCUT2D eigenvalue weighted by molar-refractivity contribution is 7.86. The van der Waals surface area contributed by atoms with Gasteiger partial charge in [-0.2, -0.15) is 21.6 Å². The third-order valence-corrected chi connectivity index (χ3v) is 4.45. The van der Waals surface area contributed by atoms with Crippen molar-refractivity contribution >= 4 is 36.8 Å². The van der Waals surface area contributed by atoms with E-state index in [-0.39, 0.29) is 0 Å². The largest absolute Gasteiger partial charge is 0.522 e. The van der Waals surface area contributed by atoms with Crippen molar-refractivity contribution < 1.29 is 30.9 Å². The molecule has 0 saturated heterocycles. The summed E-state index contributed by atoms with van der Waals surface area (Å²) in [5.41, 5.74) is -3.07. The first-order chi connectivity index (χ1) is 14.5. The van der Waals surface area contributed by atoms with Gasteiger partial charge in [0.15, 0.2) is 0 Å². The first-order valence-corrected chi connectivity index (χ1v) is 10.8. The number of ether oxygens (including phenoxy) is 1. The van der Waals surface area contributed by atoms with Gasteiger partial charge in [-0.25, -0.2) is 0 Å². The third kappa shape index (κ3) is 11.3. The lowest BCUT2D eigenvalue weighted by atomic mass is 10.1. The van der Waals surface area contributed by atoms with E-state index < -0.39 is 15.6 Å². The van der Waals surface area contributed by atoms with E-state index in [1.807, 2.05) is 60.7 Å². The summed E-state index contributed by atoms with van der Waals surface area (Å²) in [5.74, 6) is 0.904. The average molecular weight is 470 g/mol. The van der Waals surface area contributed by atoms with Crippen LogP contribution in [-0.4, -0.2) is 25.6 Å². The van der Waals surface area contributed by atoms with Gasteiger partial charge in [0, 0.05) is 0 Å². The van der Waals surface area contributed by atoms with E-state index >= 15 is 0 Å². The molecule has 0 aliphatic carbocycles. The Morgan fingerprint density at radius 1 is 0.806 bits per heavy atom. The van der Waals surface area contributed by atoms with Crippen LogP contribution in [-0.2, 0) is 10.1 Å². The minimum absolute atomic E-state index is 0.904. The Kier molecular flexibility index (Phi) is 11.0. The molecule has 3 rings (SSSR count). The van der Waals surface area contributed by atoms with Crippen molar-refractivity contribution in [1.29, 1.82) is 0 Å². The molecule has 0 spiro atoms. The Balaban J connectivity index is 0.000000247.